The molecule has 2 unspecified atom stereocenters. The molecular weight excluding hydrogens is 208 g/mol. The zero-order chi connectivity index (χ0) is 11.9. The fraction of sp³-hybridized carbons (Fsp3) is 1.00. The van der Waals surface area contributed by atoms with E-state index in [1.807, 2.05) is 0 Å². The van der Waals surface area contributed by atoms with Gasteiger partial charge in [-0.1, -0.05) is 0 Å². The lowest BCUT2D eigenvalue weighted by Gasteiger charge is -2.26. The van der Waals surface area contributed by atoms with E-state index in [4.69, 9.17) is 9.47 Å². The van der Waals surface area contributed by atoms with Gasteiger partial charge in [0.1, 0.15) is 0 Å². The van der Waals surface area contributed by atoms with Crippen molar-refractivity contribution in [3.63, 3.8) is 0 Å². The van der Waals surface area contributed by atoms with Crippen LogP contribution in [0.4, 0.5) is 0 Å². The molecule has 1 aliphatic heterocycles. The summed E-state index contributed by atoms with van der Waals surface area (Å²) in [5, 5.41) is 16.4. The van der Waals surface area contributed by atoms with Gasteiger partial charge in [-0.25, -0.2) is 0 Å². The number of aliphatic hydroxyl groups is 1. The summed E-state index contributed by atoms with van der Waals surface area (Å²) >= 11 is 0. The monoisotopic (exact) mass is 232 g/mol. The van der Waals surface area contributed by atoms with Crippen LogP contribution in [-0.2, 0) is 9.47 Å². The van der Waals surface area contributed by atoms with Crippen molar-refractivity contribution in [3.8, 4) is 0 Å². The molecule has 0 bridgehead atoms. The van der Waals surface area contributed by atoms with Gasteiger partial charge >= 0.3 is 0 Å². The molecule has 16 heavy (non-hydrogen) atoms. The van der Waals surface area contributed by atoms with Crippen LogP contribution in [-0.4, -0.2) is 63.3 Å². The van der Waals surface area contributed by atoms with Gasteiger partial charge in [0, 0.05) is 25.7 Å². The van der Waals surface area contributed by atoms with Crippen molar-refractivity contribution in [3.05, 3.63) is 0 Å². The Kier molecular flexibility index (Phi) is 6.23. The molecule has 0 aromatic heterocycles. The molecule has 96 valence electrons. The van der Waals surface area contributed by atoms with E-state index in [2.05, 4.69) is 17.6 Å². The third kappa shape index (κ3) is 5.23. The highest BCUT2D eigenvalue weighted by molar-refractivity contribution is 4.91. The normalized spacial score (nSPS) is 27.2. The van der Waals surface area contributed by atoms with Crippen LogP contribution in [0.25, 0.3) is 0 Å². The van der Waals surface area contributed by atoms with Gasteiger partial charge in [-0.05, 0) is 19.9 Å². The van der Waals surface area contributed by atoms with E-state index < -0.39 is 6.10 Å². The molecule has 5 nitrogen and oxygen atoms in total. The molecule has 1 fully saturated rings. The van der Waals surface area contributed by atoms with Crippen LogP contribution < -0.4 is 10.6 Å². The number of nitrogens with one attached hydrogen (secondary N) is 2. The fourth-order valence-corrected chi connectivity index (χ4v) is 1.75. The largest absolute Gasteiger partial charge is 0.389 e. The number of rotatable bonds is 8. The van der Waals surface area contributed by atoms with E-state index in [1.165, 1.54) is 0 Å². The summed E-state index contributed by atoms with van der Waals surface area (Å²) < 4.78 is 10.1. The van der Waals surface area contributed by atoms with Crippen molar-refractivity contribution in [2.75, 3.05) is 46.6 Å². The fourth-order valence-electron chi connectivity index (χ4n) is 1.75. The van der Waals surface area contributed by atoms with E-state index >= 15 is 0 Å². The second-order valence-corrected chi connectivity index (χ2v) is 4.59. The molecule has 0 saturated carbocycles. The Morgan fingerprint density at radius 1 is 1.50 bits per heavy atom. The van der Waals surface area contributed by atoms with Crippen LogP contribution in [0.5, 0.6) is 0 Å². The maximum Gasteiger partial charge on any atom is 0.0897 e. The Morgan fingerprint density at radius 2 is 2.31 bits per heavy atom. The SMILES string of the molecule is COCCOCC(O)CNC1(C)CCNC1. The highest BCUT2D eigenvalue weighted by atomic mass is 16.5. The first kappa shape index (κ1) is 13.9. The smallest absolute Gasteiger partial charge is 0.0897 e. The Balaban J connectivity index is 2.03. The van der Waals surface area contributed by atoms with Gasteiger partial charge in [0.05, 0.1) is 25.9 Å². The maximum absolute atomic E-state index is 9.67. The standard InChI is InChI=1S/C11H24N2O3/c1-11(3-4-12-9-11)13-7-10(14)8-16-6-5-15-2/h10,12-14H,3-9H2,1-2H3. The Hall–Kier alpha value is -0.200. The molecule has 1 saturated heterocycles. The third-order valence-corrected chi connectivity index (χ3v) is 2.88. The van der Waals surface area contributed by atoms with Crippen molar-refractivity contribution in [1.82, 2.24) is 10.6 Å². The minimum Gasteiger partial charge on any atom is -0.389 e. The summed E-state index contributed by atoms with van der Waals surface area (Å²) in [5.41, 5.74) is 0.119. The van der Waals surface area contributed by atoms with Gasteiger partial charge < -0.3 is 25.2 Å². The highest BCUT2D eigenvalue weighted by Gasteiger charge is 2.28. The lowest BCUT2D eigenvalue weighted by atomic mass is 10.0. The summed E-state index contributed by atoms with van der Waals surface area (Å²) in [7, 11) is 1.63. The third-order valence-electron chi connectivity index (χ3n) is 2.88. The topological polar surface area (TPSA) is 62.8 Å². The summed E-state index contributed by atoms with van der Waals surface area (Å²) in [5.74, 6) is 0. The van der Waals surface area contributed by atoms with E-state index in [-0.39, 0.29) is 5.54 Å². The average molecular weight is 232 g/mol. The number of methoxy groups -OCH3 is 1. The van der Waals surface area contributed by atoms with E-state index in [0.29, 0.717) is 26.4 Å². The van der Waals surface area contributed by atoms with Gasteiger partial charge in [0.25, 0.3) is 0 Å². The van der Waals surface area contributed by atoms with Crippen LogP contribution in [0.3, 0.4) is 0 Å². The molecule has 0 amide bonds. The van der Waals surface area contributed by atoms with Crippen LogP contribution in [0.2, 0.25) is 0 Å². The molecule has 5 heteroatoms. The quantitative estimate of drug-likeness (QED) is 0.486. The van der Waals surface area contributed by atoms with Crippen molar-refractivity contribution in [2.45, 2.75) is 25.0 Å². The highest BCUT2D eigenvalue weighted by Crippen LogP contribution is 2.12. The number of hydrogen-bond acceptors (Lipinski definition) is 5. The van der Waals surface area contributed by atoms with Crippen molar-refractivity contribution in [2.24, 2.45) is 0 Å². The molecule has 1 heterocycles. The summed E-state index contributed by atoms with van der Waals surface area (Å²) in [4.78, 5) is 0. The molecule has 0 aromatic carbocycles. The van der Waals surface area contributed by atoms with Crippen molar-refractivity contribution < 1.29 is 14.6 Å². The van der Waals surface area contributed by atoms with Crippen LogP contribution >= 0.6 is 0 Å². The van der Waals surface area contributed by atoms with Crippen molar-refractivity contribution >= 4 is 0 Å². The minimum absolute atomic E-state index is 0.119. The van der Waals surface area contributed by atoms with E-state index in [0.717, 1.165) is 19.5 Å². The lowest BCUT2D eigenvalue weighted by Crippen LogP contribution is -2.48. The van der Waals surface area contributed by atoms with E-state index in [1.54, 1.807) is 7.11 Å². The molecule has 0 radical (unpaired) electrons. The average Bonchev–Trinajstić information content (AvgIpc) is 2.70. The second-order valence-electron chi connectivity index (χ2n) is 4.59. The molecule has 2 atom stereocenters. The molecule has 1 rings (SSSR count). The number of ether oxygens (including phenoxy) is 2. The molecule has 0 spiro atoms. The first-order chi connectivity index (χ1) is 7.66. The summed E-state index contributed by atoms with van der Waals surface area (Å²) in [6.45, 7) is 6.22. The lowest BCUT2D eigenvalue weighted by molar-refractivity contribution is 0.0116. The van der Waals surface area contributed by atoms with Gasteiger partial charge in [0.15, 0.2) is 0 Å². The predicted molar refractivity (Wildman–Crippen MR) is 62.6 cm³/mol. The number of hydrogen-bond donors (Lipinski definition) is 3. The summed E-state index contributed by atoms with van der Waals surface area (Å²) in [6, 6.07) is 0. The second kappa shape index (κ2) is 7.19. The van der Waals surface area contributed by atoms with Crippen molar-refractivity contribution in [1.29, 1.82) is 0 Å². The molecular formula is C11H24N2O3. The van der Waals surface area contributed by atoms with Gasteiger partial charge in [0.2, 0.25) is 0 Å². The molecule has 1 aliphatic rings. The zero-order valence-corrected chi connectivity index (χ0v) is 10.3. The minimum atomic E-state index is -0.450. The molecule has 3 N–H and O–H groups in total. The van der Waals surface area contributed by atoms with E-state index in [9.17, 15) is 5.11 Å². The number of β-amino-alcohol motifs (C(OH)–C–C–N with tert-alkyl or cyclic N) is 1. The summed E-state index contributed by atoms with van der Waals surface area (Å²) in [6.07, 6.45) is 0.652. The van der Waals surface area contributed by atoms with Crippen LogP contribution in [0.15, 0.2) is 0 Å². The van der Waals surface area contributed by atoms with Gasteiger partial charge in [-0.3, -0.25) is 0 Å². The van der Waals surface area contributed by atoms with Gasteiger partial charge in [-0.2, -0.15) is 0 Å². The van der Waals surface area contributed by atoms with Crippen LogP contribution in [0, 0.1) is 0 Å². The Labute approximate surface area is 97.5 Å². The first-order valence-electron chi connectivity index (χ1n) is 5.87. The Morgan fingerprint density at radius 3 is 2.94 bits per heavy atom. The van der Waals surface area contributed by atoms with Gasteiger partial charge in [-0.15, -0.1) is 0 Å². The molecule has 0 aliphatic carbocycles. The number of aliphatic hydroxyl groups excluding tert-OH is 1. The zero-order valence-electron chi connectivity index (χ0n) is 10.3. The first-order valence-corrected chi connectivity index (χ1v) is 5.87. The Bertz CT molecular complexity index is 184. The van der Waals surface area contributed by atoms with Crippen LogP contribution in [0.1, 0.15) is 13.3 Å². The molecule has 0 aromatic rings. The predicted octanol–water partition coefficient (Wildman–Crippen LogP) is -0.648. The maximum atomic E-state index is 9.67.